The molecule has 4 nitrogen and oxygen atoms in total. The third kappa shape index (κ3) is 5.11. The molecule has 0 fully saturated rings. The molecule has 4 aromatic rings. The van der Waals surface area contributed by atoms with E-state index in [0.717, 1.165) is 33.2 Å². The van der Waals surface area contributed by atoms with E-state index in [2.05, 4.69) is 10.5 Å². The molecule has 1 amide bonds. The van der Waals surface area contributed by atoms with Gasteiger partial charge in [-0.25, -0.2) is 5.43 Å². The summed E-state index contributed by atoms with van der Waals surface area (Å²) in [5, 5.41) is 6.31. The monoisotopic (exact) mass is 394 g/mol. The van der Waals surface area contributed by atoms with Crippen LogP contribution in [0.1, 0.15) is 16.7 Å². The van der Waals surface area contributed by atoms with Gasteiger partial charge < -0.3 is 4.74 Å². The van der Waals surface area contributed by atoms with Crippen molar-refractivity contribution in [3.8, 4) is 5.75 Å². The molecule has 4 heteroatoms. The number of fused-ring (bicyclic) bond motifs is 1. The molecule has 4 aromatic carbocycles. The van der Waals surface area contributed by atoms with Crippen LogP contribution in [-0.4, -0.2) is 12.1 Å². The molecule has 0 radical (unpaired) electrons. The highest BCUT2D eigenvalue weighted by atomic mass is 16.5. The number of hydrazone groups is 1. The number of hydrogen-bond donors (Lipinski definition) is 1. The Morgan fingerprint density at radius 1 is 0.867 bits per heavy atom. The van der Waals surface area contributed by atoms with Crippen LogP contribution in [-0.2, 0) is 17.8 Å². The third-order valence-electron chi connectivity index (χ3n) is 4.74. The van der Waals surface area contributed by atoms with Crippen molar-refractivity contribution in [2.45, 2.75) is 13.0 Å². The average molecular weight is 394 g/mol. The first-order valence-electron chi connectivity index (χ1n) is 9.83. The molecule has 0 bridgehead atoms. The molecule has 4 rings (SSSR count). The first-order valence-corrected chi connectivity index (χ1v) is 9.83. The van der Waals surface area contributed by atoms with E-state index in [1.165, 1.54) is 0 Å². The zero-order valence-electron chi connectivity index (χ0n) is 16.5. The van der Waals surface area contributed by atoms with Gasteiger partial charge in [-0.1, -0.05) is 84.9 Å². The first kappa shape index (κ1) is 19.4. The van der Waals surface area contributed by atoms with Crippen LogP contribution in [0.25, 0.3) is 10.8 Å². The van der Waals surface area contributed by atoms with Gasteiger partial charge in [-0.2, -0.15) is 5.10 Å². The van der Waals surface area contributed by atoms with E-state index in [0.29, 0.717) is 6.61 Å². The number of hydrogen-bond acceptors (Lipinski definition) is 3. The second kappa shape index (κ2) is 9.52. The Balaban J connectivity index is 1.34. The quantitative estimate of drug-likeness (QED) is 0.350. The zero-order chi connectivity index (χ0) is 20.6. The lowest BCUT2D eigenvalue weighted by Gasteiger charge is -2.07. The number of ether oxygens (including phenoxy) is 1. The molecule has 148 valence electrons. The van der Waals surface area contributed by atoms with Gasteiger partial charge in [0, 0.05) is 0 Å². The molecule has 0 heterocycles. The van der Waals surface area contributed by atoms with Gasteiger partial charge in [0.15, 0.2) is 0 Å². The Hall–Kier alpha value is -3.92. The predicted molar refractivity (Wildman–Crippen MR) is 121 cm³/mol. The number of amides is 1. The first-order chi connectivity index (χ1) is 14.8. The molecule has 1 N–H and O–H groups in total. The molecular formula is C26H22N2O2. The minimum atomic E-state index is -0.154. The van der Waals surface area contributed by atoms with Crippen molar-refractivity contribution in [3.63, 3.8) is 0 Å². The number of rotatable bonds is 7. The van der Waals surface area contributed by atoms with Crippen LogP contribution in [0.3, 0.4) is 0 Å². The van der Waals surface area contributed by atoms with Gasteiger partial charge in [-0.3, -0.25) is 4.79 Å². The fraction of sp³-hybridized carbons (Fsp3) is 0.0769. The molecule has 0 aliphatic heterocycles. The largest absolute Gasteiger partial charge is 0.489 e. The van der Waals surface area contributed by atoms with Gasteiger partial charge in [0.05, 0.1) is 12.6 Å². The van der Waals surface area contributed by atoms with Crippen molar-refractivity contribution in [2.75, 3.05) is 0 Å². The SMILES string of the molecule is O=C(Cc1cccc2ccccc12)N/N=C\c1cccc(OCc2ccccc2)c1. The van der Waals surface area contributed by atoms with Gasteiger partial charge in [0.25, 0.3) is 0 Å². The lowest BCUT2D eigenvalue weighted by atomic mass is 10.0. The number of carbonyl (C=O) groups is 1. The average Bonchev–Trinajstić information content (AvgIpc) is 2.79. The number of benzene rings is 4. The van der Waals surface area contributed by atoms with Crippen molar-refractivity contribution in [3.05, 3.63) is 114 Å². The van der Waals surface area contributed by atoms with Gasteiger partial charge in [0.1, 0.15) is 12.4 Å². The van der Waals surface area contributed by atoms with Gasteiger partial charge in [-0.15, -0.1) is 0 Å². The van der Waals surface area contributed by atoms with Gasteiger partial charge in [0.2, 0.25) is 5.91 Å². The standard InChI is InChI=1S/C26H22N2O2/c29-26(17-23-13-7-12-22-11-4-5-15-25(22)23)28-27-18-21-10-6-14-24(16-21)30-19-20-8-2-1-3-9-20/h1-16,18H,17,19H2,(H,28,29)/b27-18-. The van der Waals surface area contributed by atoms with E-state index in [1.54, 1.807) is 6.21 Å². The number of nitrogens with zero attached hydrogens (tertiary/aromatic N) is 1. The topological polar surface area (TPSA) is 50.7 Å². The maximum Gasteiger partial charge on any atom is 0.244 e. The Kier molecular flexibility index (Phi) is 6.16. The number of nitrogens with one attached hydrogen (secondary N) is 1. The van der Waals surface area contributed by atoms with Crippen LogP contribution in [0.5, 0.6) is 5.75 Å². The lowest BCUT2D eigenvalue weighted by molar-refractivity contribution is -0.120. The summed E-state index contributed by atoms with van der Waals surface area (Å²) >= 11 is 0. The van der Waals surface area contributed by atoms with Crippen LogP contribution in [0.4, 0.5) is 0 Å². The maximum atomic E-state index is 12.3. The molecule has 0 spiro atoms. The van der Waals surface area contributed by atoms with Crippen LogP contribution < -0.4 is 10.2 Å². The highest BCUT2D eigenvalue weighted by molar-refractivity contribution is 5.90. The smallest absolute Gasteiger partial charge is 0.244 e. The summed E-state index contributed by atoms with van der Waals surface area (Å²) in [7, 11) is 0. The van der Waals surface area contributed by atoms with Crippen molar-refractivity contribution in [1.29, 1.82) is 0 Å². The highest BCUT2D eigenvalue weighted by Gasteiger charge is 2.06. The molecule has 0 aromatic heterocycles. The van der Waals surface area contributed by atoms with E-state index >= 15 is 0 Å². The van der Waals surface area contributed by atoms with E-state index < -0.39 is 0 Å². The molecule has 0 saturated heterocycles. The molecule has 0 aliphatic carbocycles. The summed E-state index contributed by atoms with van der Waals surface area (Å²) in [5.74, 6) is 0.601. The second-order valence-corrected chi connectivity index (χ2v) is 6.95. The fourth-order valence-electron chi connectivity index (χ4n) is 3.26. The van der Waals surface area contributed by atoms with E-state index in [-0.39, 0.29) is 12.3 Å². The minimum absolute atomic E-state index is 0.154. The summed E-state index contributed by atoms with van der Waals surface area (Å²) in [6.45, 7) is 0.503. The molecular weight excluding hydrogens is 372 g/mol. The molecule has 0 saturated carbocycles. The van der Waals surface area contributed by atoms with E-state index in [9.17, 15) is 4.79 Å². The van der Waals surface area contributed by atoms with E-state index in [1.807, 2.05) is 97.1 Å². The predicted octanol–water partition coefficient (Wildman–Crippen LogP) is 5.11. The Morgan fingerprint density at radius 3 is 2.53 bits per heavy atom. The van der Waals surface area contributed by atoms with Gasteiger partial charge >= 0.3 is 0 Å². The Labute approximate surface area is 175 Å². The van der Waals surface area contributed by atoms with Crippen molar-refractivity contribution in [1.82, 2.24) is 5.43 Å². The van der Waals surface area contributed by atoms with Crippen LogP contribution in [0, 0.1) is 0 Å². The Morgan fingerprint density at radius 2 is 1.63 bits per heavy atom. The van der Waals surface area contributed by atoms with Gasteiger partial charge in [-0.05, 0) is 39.6 Å². The second-order valence-electron chi connectivity index (χ2n) is 6.95. The minimum Gasteiger partial charge on any atom is -0.489 e. The molecule has 30 heavy (non-hydrogen) atoms. The fourth-order valence-corrected chi connectivity index (χ4v) is 3.26. The van der Waals surface area contributed by atoms with E-state index in [4.69, 9.17) is 4.74 Å². The van der Waals surface area contributed by atoms with Crippen LogP contribution >= 0.6 is 0 Å². The third-order valence-corrected chi connectivity index (χ3v) is 4.74. The Bertz CT molecular complexity index is 1160. The summed E-state index contributed by atoms with van der Waals surface area (Å²) in [6.07, 6.45) is 1.90. The highest BCUT2D eigenvalue weighted by Crippen LogP contribution is 2.19. The van der Waals surface area contributed by atoms with Crippen molar-refractivity contribution >= 4 is 22.9 Å². The maximum absolute atomic E-state index is 12.3. The molecule has 0 atom stereocenters. The lowest BCUT2D eigenvalue weighted by Crippen LogP contribution is -2.19. The zero-order valence-corrected chi connectivity index (χ0v) is 16.5. The van der Waals surface area contributed by atoms with Crippen molar-refractivity contribution in [2.24, 2.45) is 5.10 Å². The summed E-state index contributed by atoms with van der Waals surface area (Å²) in [4.78, 5) is 12.3. The summed E-state index contributed by atoms with van der Waals surface area (Å²) in [6, 6.07) is 31.6. The summed E-state index contributed by atoms with van der Waals surface area (Å²) < 4.78 is 5.83. The van der Waals surface area contributed by atoms with Crippen molar-refractivity contribution < 1.29 is 9.53 Å². The van der Waals surface area contributed by atoms with Crippen LogP contribution in [0.2, 0.25) is 0 Å². The van der Waals surface area contributed by atoms with Crippen LogP contribution in [0.15, 0.2) is 102 Å². The molecule has 0 aliphatic rings. The summed E-state index contributed by atoms with van der Waals surface area (Å²) in [5.41, 5.74) is 5.56. The number of carbonyl (C=O) groups excluding carboxylic acids is 1. The molecule has 0 unspecified atom stereocenters. The normalized spacial score (nSPS) is 10.9.